The van der Waals surface area contributed by atoms with Crippen LogP contribution >= 0.6 is 11.6 Å². The SMILES string of the molecule is COc1c(CN)cc(Cl)cc1S(=O)(=O)NCCCN(C)C. The summed E-state index contributed by atoms with van der Waals surface area (Å²) >= 11 is 5.96. The average Bonchev–Trinajstić information content (AvgIpc) is 2.42. The summed E-state index contributed by atoms with van der Waals surface area (Å²) in [5.74, 6) is 0.238. The number of nitrogens with zero attached hydrogens (tertiary/aromatic N) is 1. The van der Waals surface area contributed by atoms with E-state index < -0.39 is 10.0 Å². The van der Waals surface area contributed by atoms with E-state index in [4.69, 9.17) is 22.1 Å². The Labute approximate surface area is 131 Å². The lowest BCUT2D eigenvalue weighted by atomic mass is 10.2. The summed E-state index contributed by atoms with van der Waals surface area (Å²) in [4.78, 5) is 2.00. The molecule has 0 atom stereocenters. The summed E-state index contributed by atoms with van der Waals surface area (Å²) in [7, 11) is 1.59. The van der Waals surface area contributed by atoms with Gasteiger partial charge >= 0.3 is 0 Å². The summed E-state index contributed by atoms with van der Waals surface area (Å²) in [6, 6.07) is 2.97. The van der Waals surface area contributed by atoms with Crippen molar-refractivity contribution >= 4 is 21.6 Å². The molecule has 1 rings (SSSR count). The van der Waals surface area contributed by atoms with E-state index >= 15 is 0 Å². The van der Waals surface area contributed by atoms with Gasteiger partial charge in [-0.1, -0.05) is 11.6 Å². The van der Waals surface area contributed by atoms with Gasteiger partial charge in [-0.25, -0.2) is 13.1 Å². The summed E-state index contributed by atoms with van der Waals surface area (Å²) in [5, 5.41) is 0.310. The zero-order chi connectivity index (χ0) is 16.0. The molecule has 0 fully saturated rings. The molecule has 0 aliphatic rings. The highest BCUT2D eigenvalue weighted by molar-refractivity contribution is 7.89. The number of rotatable bonds is 8. The van der Waals surface area contributed by atoms with Gasteiger partial charge in [0.25, 0.3) is 0 Å². The summed E-state index contributed by atoms with van der Waals surface area (Å²) in [6.45, 7) is 1.28. The van der Waals surface area contributed by atoms with Crippen LogP contribution in [0.3, 0.4) is 0 Å². The lowest BCUT2D eigenvalue weighted by Gasteiger charge is -2.15. The van der Waals surface area contributed by atoms with Gasteiger partial charge in [-0.2, -0.15) is 0 Å². The molecule has 0 aliphatic heterocycles. The topological polar surface area (TPSA) is 84.7 Å². The van der Waals surface area contributed by atoms with E-state index in [1.807, 2.05) is 19.0 Å². The number of hydrogen-bond acceptors (Lipinski definition) is 5. The molecular weight excluding hydrogens is 314 g/mol. The Hall–Kier alpha value is -0.860. The van der Waals surface area contributed by atoms with Crippen LogP contribution in [-0.4, -0.2) is 47.6 Å². The van der Waals surface area contributed by atoms with Crippen molar-refractivity contribution in [3.63, 3.8) is 0 Å². The highest BCUT2D eigenvalue weighted by atomic mass is 35.5. The fourth-order valence-corrected chi connectivity index (χ4v) is 3.50. The number of benzene rings is 1. The van der Waals surface area contributed by atoms with Gasteiger partial charge in [-0.05, 0) is 39.2 Å². The van der Waals surface area contributed by atoms with E-state index in [1.54, 1.807) is 6.07 Å². The first-order valence-corrected chi connectivity index (χ1v) is 8.38. The van der Waals surface area contributed by atoms with Gasteiger partial charge < -0.3 is 15.4 Å². The molecule has 0 unspecified atom stereocenters. The fourth-order valence-electron chi connectivity index (χ4n) is 1.89. The average molecular weight is 336 g/mol. The van der Waals surface area contributed by atoms with Gasteiger partial charge in [0.1, 0.15) is 10.6 Å². The third kappa shape index (κ3) is 5.12. The smallest absolute Gasteiger partial charge is 0.244 e. The number of methoxy groups -OCH3 is 1. The number of ether oxygens (including phenoxy) is 1. The third-order valence-electron chi connectivity index (χ3n) is 2.88. The first-order valence-electron chi connectivity index (χ1n) is 6.52. The molecular formula is C13H22ClN3O3S. The van der Waals surface area contributed by atoms with Crippen molar-refractivity contribution in [3.05, 3.63) is 22.7 Å². The minimum atomic E-state index is -3.69. The fraction of sp³-hybridized carbons (Fsp3) is 0.538. The Bertz CT molecular complexity index is 576. The van der Waals surface area contributed by atoms with Crippen molar-refractivity contribution in [2.75, 3.05) is 34.3 Å². The van der Waals surface area contributed by atoms with Gasteiger partial charge in [-0.3, -0.25) is 0 Å². The molecule has 0 saturated heterocycles. The van der Waals surface area contributed by atoms with Crippen molar-refractivity contribution in [1.29, 1.82) is 0 Å². The molecule has 0 bridgehead atoms. The Kier molecular flexibility index (Phi) is 6.89. The van der Waals surface area contributed by atoms with Crippen LogP contribution in [0.25, 0.3) is 0 Å². The summed E-state index contributed by atoms with van der Waals surface area (Å²) < 4.78 is 32.5. The van der Waals surface area contributed by atoms with Gasteiger partial charge in [0.15, 0.2) is 0 Å². The predicted molar refractivity (Wildman–Crippen MR) is 84.3 cm³/mol. The number of nitrogens with one attached hydrogen (secondary N) is 1. The van der Waals surface area contributed by atoms with Crippen LogP contribution in [-0.2, 0) is 16.6 Å². The van der Waals surface area contributed by atoms with Gasteiger partial charge in [0.2, 0.25) is 10.0 Å². The van der Waals surface area contributed by atoms with Crippen molar-refractivity contribution in [2.45, 2.75) is 17.9 Å². The predicted octanol–water partition coefficient (Wildman–Crippen LogP) is 1.04. The highest BCUT2D eigenvalue weighted by Gasteiger charge is 2.22. The minimum absolute atomic E-state index is 0.0165. The van der Waals surface area contributed by atoms with E-state index in [0.29, 0.717) is 23.6 Å². The molecule has 21 heavy (non-hydrogen) atoms. The monoisotopic (exact) mass is 335 g/mol. The third-order valence-corrected chi connectivity index (χ3v) is 4.57. The molecule has 0 heterocycles. The lowest BCUT2D eigenvalue weighted by Crippen LogP contribution is -2.28. The molecule has 3 N–H and O–H groups in total. The van der Waals surface area contributed by atoms with Crippen molar-refractivity contribution in [2.24, 2.45) is 5.73 Å². The normalized spacial score (nSPS) is 11.9. The largest absolute Gasteiger partial charge is 0.495 e. The van der Waals surface area contributed by atoms with Crippen LogP contribution in [0.5, 0.6) is 5.75 Å². The molecule has 0 saturated carbocycles. The quantitative estimate of drug-likeness (QED) is 0.693. The van der Waals surface area contributed by atoms with Gasteiger partial charge in [0, 0.05) is 23.7 Å². The van der Waals surface area contributed by atoms with E-state index in [2.05, 4.69) is 4.72 Å². The molecule has 0 radical (unpaired) electrons. The first kappa shape index (κ1) is 18.2. The van der Waals surface area contributed by atoms with Crippen LogP contribution in [0.4, 0.5) is 0 Å². The molecule has 0 amide bonds. The van der Waals surface area contributed by atoms with Crippen LogP contribution in [0.1, 0.15) is 12.0 Å². The van der Waals surface area contributed by atoms with Gasteiger partial charge in [-0.15, -0.1) is 0 Å². The van der Waals surface area contributed by atoms with Crippen molar-refractivity contribution < 1.29 is 13.2 Å². The number of halogens is 1. The van der Waals surface area contributed by atoms with E-state index in [1.165, 1.54) is 13.2 Å². The summed E-state index contributed by atoms with van der Waals surface area (Å²) in [6.07, 6.45) is 0.707. The second-order valence-electron chi connectivity index (χ2n) is 4.86. The molecule has 0 aliphatic carbocycles. The lowest BCUT2D eigenvalue weighted by molar-refractivity contribution is 0.395. The molecule has 1 aromatic rings. The standard InChI is InChI=1S/C13H22ClN3O3S/c1-17(2)6-4-5-16-21(18,19)12-8-11(14)7-10(9-15)13(12)20-3/h7-8,16H,4-6,9,15H2,1-3H3. The molecule has 6 nitrogen and oxygen atoms in total. The second-order valence-corrected chi connectivity index (χ2v) is 7.03. The summed E-state index contributed by atoms with van der Waals surface area (Å²) in [5.41, 5.74) is 6.16. The first-order chi connectivity index (χ1) is 9.81. The molecule has 120 valence electrons. The number of hydrogen-bond donors (Lipinski definition) is 2. The molecule has 0 spiro atoms. The molecule has 1 aromatic carbocycles. The maximum Gasteiger partial charge on any atom is 0.244 e. The van der Waals surface area contributed by atoms with Gasteiger partial charge in [0.05, 0.1) is 7.11 Å². The van der Waals surface area contributed by atoms with Crippen LogP contribution in [0.2, 0.25) is 5.02 Å². The zero-order valence-electron chi connectivity index (χ0n) is 12.5. The maximum absolute atomic E-state index is 12.4. The van der Waals surface area contributed by atoms with Crippen LogP contribution < -0.4 is 15.2 Å². The van der Waals surface area contributed by atoms with E-state index in [0.717, 1.165) is 6.54 Å². The number of nitrogens with two attached hydrogens (primary N) is 1. The second kappa shape index (κ2) is 7.95. The minimum Gasteiger partial charge on any atom is -0.495 e. The van der Waals surface area contributed by atoms with Crippen LogP contribution in [0, 0.1) is 0 Å². The van der Waals surface area contributed by atoms with E-state index in [-0.39, 0.29) is 17.2 Å². The zero-order valence-corrected chi connectivity index (χ0v) is 14.1. The van der Waals surface area contributed by atoms with Crippen LogP contribution in [0.15, 0.2) is 17.0 Å². The Morgan fingerprint density at radius 2 is 2.05 bits per heavy atom. The highest BCUT2D eigenvalue weighted by Crippen LogP contribution is 2.31. The number of sulfonamides is 1. The Morgan fingerprint density at radius 1 is 1.38 bits per heavy atom. The molecule has 0 aromatic heterocycles. The Balaban J connectivity index is 2.99. The van der Waals surface area contributed by atoms with E-state index in [9.17, 15) is 8.42 Å². The molecule has 8 heteroatoms. The van der Waals surface area contributed by atoms with Crippen molar-refractivity contribution in [3.8, 4) is 5.75 Å². The van der Waals surface area contributed by atoms with Crippen molar-refractivity contribution in [1.82, 2.24) is 9.62 Å². The Morgan fingerprint density at radius 3 is 2.57 bits per heavy atom. The maximum atomic E-state index is 12.4.